The molecule has 0 aliphatic rings. The lowest BCUT2D eigenvalue weighted by Crippen LogP contribution is -2.30. The van der Waals surface area contributed by atoms with Crippen LogP contribution in [0.15, 0.2) is 0 Å². The Morgan fingerprint density at radius 1 is 0.235 bits per heavy atom. The average molecular weight is 962 g/mol. The molecule has 0 rings (SSSR count). The molecule has 0 heterocycles. The van der Waals surface area contributed by atoms with E-state index in [9.17, 15) is 14.4 Å². The number of rotatable bonds is 58. The van der Waals surface area contributed by atoms with Crippen LogP contribution in [0.25, 0.3) is 0 Å². The van der Waals surface area contributed by atoms with Crippen LogP contribution in [-0.4, -0.2) is 37.2 Å². The summed E-state index contributed by atoms with van der Waals surface area (Å²) in [5, 5.41) is 0. The third-order valence-corrected chi connectivity index (χ3v) is 14.4. The van der Waals surface area contributed by atoms with Gasteiger partial charge in [-0.3, -0.25) is 14.4 Å². The van der Waals surface area contributed by atoms with E-state index in [0.29, 0.717) is 19.3 Å². The maximum atomic E-state index is 12.9. The summed E-state index contributed by atoms with van der Waals surface area (Å²) < 4.78 is 16.9. The second kappa shape index (κ2) is 58.0. The van der Waals surface area contributed by atoms with Gasteiger partial charge < -0.3 is 14.2 Å². The molecule has 0 aromatic rings. The molecular formula is C62H120O6. The van der Waals surface area contributed by atoms with Crippen molar-refractivity contribution in [1.29, 1.82) is 0 Å². The summed E-state index contributed by atoms with van der Waals surface area (Å²) in [7, 11) is 0. The van der Waals surface area contributed by atoms with E-state index >= 15 is 0 Å². The number of carbonyl (C=O) groups is 3. The van der Waals surface area contributed by atoms with E-state index in [1.54, 1.807) is 0 Å². The molecule has 0 radical (unpaired) electrons. The van der Waals surface area contributed by atoms with Gasteiger partial charge in [0.25, 0.3) is 0 Å². The van der Waals surface area contributed by atoms with Crippen LogP contribution in [0.2, 0.25) is 0 Å². The van der Waals surface area contributed by atoms with Gasteiger partial charge in [-0.2, -0.15) is 0 Å². The van der Waals surface area contributed by atoms with E-state index in [0.717, 1.165) is 57.8 Å². The highest BCUT2D eigenvalue weighted by atomic mass is 16.6. The Labute approximate surface area is 425 Å². The monoisotopic (exact) mass is 961 g/mol. The molecule has 1 unspecified atom stereocenters. The summed E-state index contributed by atoms with van der Waals surface area (Å²) in [6.45, 7) is 6.72. The second-order valence-corrected chi connectivity index (χ2v) is 21.3. The number of carbonyl (C=O) groups excluding carboxylic acids is 3. The van der Waals surface area contributed by atoms with Crippen molar-refractivity contribution in [2.45, 2.75) is 367 Å². The second-order valence-electron chi connectivity index (χ2n) is 21.3. The van der Waals surface area contributed by atoms with Crippen LogP contribution in [-0.2, 0) is 28.6 Å². The fourth-order valence-corrected chi connectivity index (χ4v) is 9.68. The van der Waals surface area contributed by atoms with Crippen LogP contribution in [0, 0.1) is 0 Å². The van der Waals surface area contributed by atoms with Gasteiger partial charge in [0.2, 0.25) is 0 Å². The Morgan fingerprint density at radius 3 is 0.588 bits per heavy atom. The number of hydrogen-bond donors (Lipinski definition) is 0. The number of unbranched alkanes of at least 4 members (excludes halogenated alkanes) is 47. The molecule has 0 amide bonds. The highest BCUT2D eigenvalue weighted by molar-refractivity contribution is 5.71. The molecule has 1 atom stereocenters. The molecule has 0 N–H and O–H groups in total. The Morgan fingerprint density at radius 2 is 0.397 bits per heavy atom. The normalized spacial score (nSPS) is 11.9. The van der Waals surface area contributed by atoms with Crippen LogP contribution >= 0.6 is 0 Å². The Kier molecular flexibility index (Phi) is 56.6. The largest absolute Gasteiger partial charge is 0.462 e. The van der Waals surface area contributed by atoms with Crippen molar-refractivity contribution in [2.24, 2.45) is 0 Å². The van der Waals surface area contributed by atoms with Gasteiger partial charge in [0.1, 0.15) is 13.2 Å². The van der Waals surface area contributed by atoms with Gasteiger partial charge in [-0.25, -0.2) is 0 Å². The summed E-state index contributed by atoms with van der Waals surface area (Å²) in [6.07, 6.45) is 65.3. The van der Waals surface area contributed by atoms with Crippen LogP contribution < -0.4 is 0 Å². The predicted octanol–water partition coefficient (Wildman–Crippen LogP) is 20.7. The van der Waals surface area contributed by atoms with Crippen LogP contribution in [0.1, 0.15) is 361 Å². The van der Waals surface area contributed by atoms with Gasteiger partial charge in [0, 0.05) is 19.3 Å². The van der Waals surface area contributed by atoms with Gasteiger partial charge in [-0.1, -0.05) is 323 Å². The first-order chi connectivity index (χ1) is 33.5. The summed E-state index contributed by atoms with van der Waals surface area (Å²) in [4.78, 5) is 38.2. The highest BCUT2D eigenvalue weighted by Gasteiger charge is 2.19. The fourth-order valence-electron chi connectivity index (χ4n) is 9.68. The standard InChI is InChI=1S/C62H120O6/c1-4-7-10-13-16-19-22-25-27-29-30-31-32-34-35-37-40-43-46-49-52-55-61(64)67-58-59(57-66-60(63)54-51-48-45-42-39-24-21-18-15-12-9-6-3)68-62(65)56-53-50-47-44-41-38-36-33-28-26-23-20-17-14-11-8-5-2/h59H,4-58H2,1-3H3. The van der Waals surface area contributed by atoms with Gasteiger partial charge >= 0.3 is 17.9 Å². The molecule has 68 heavy (non-hydrogen) atoms. The summed E-state index contributed by atoms with van der Waals surface area (Å²) in [5.41, 5.74) is 0. The maximum Gasteiger partial charge on any atom is 0.306 e. The third kappa shape index (κ3) is 55.3. The molecule has 0 aliphatic heterocycles. The molecule has 0 aliphatic carbocycles. The highest BCUT2D eigenvalue weighted by Crippen LogP contribution is 2.18. The van der Waals surface area contributed by atoms with E-state index in [4.69, 9.17) is 14.2 Å². The molecule has 0 aromatic carbocycles. The third-order valence-electron chi connectivity index (χ3n) is 14.4. The topological polar surface area (TPSA) is 78.9 Å². The van der Waals surface area contributed by atoms with E-state index in [-0.39, 0.29) is 31.1 Å². The van der Waals surface area contributed by atoms with Crippen molar-refractivity contribution in [2.75, 3.05) is 13.2 Å². The summed E-state index contributed by atoms with van der Waals surface area (Å²) >= 11 is 0. The first-order valence-corrected chi connectivity index (χ1v) is 31.0. The number of hydrogen-bond acceptors (Lipinski definition) is 6. The minimum atomic E-state index is -0.761. The zero-order valence-corrected chi connectivity index (χ0v) is 46.4. The van der Waals surface area contributed by atoms with Crippen LogP contribution in [0.5, 0.6) is 0 Å². The quantitative estimate of drug-likeness (QED) is 0.0343. The lowest BCUT2D eigenvalue weighted by atomic mass is 10.0. The van der Waals surface area contributed by atoms with Crippen molar-refractivity contribution < 1.29 is 28.6 Å². The Bertz CT molecular complexity index is 1010. The molecule has 0 aromatic heterocycles. The zero-order chi connectivity index (χ0) is 49.3. The van der Waals surface area contributed by atoms with E-state index in [1.807, 2.05) is 0 Å². The maximum absolute atomic E-state index is 12.9. The number of esters is 3. The van der Waals surface area contributed by atoms with Crippen molar-refractivity contribution in [3.63, 3.8) is 0 Å². The van der Waals surface area contributed by atoms with Gasteiger partial charge in [0.15, 0.2) is 6.10 Å². The molecule has 0 bridgehead atoms. The minimum absolute atomic E-state index is 0.0608. The molecule has 0 saturated heterocycles. The Hall–Kier alpha value is -1.59. The average Bonchev–Trinajstić information content (AvgIpc) is 3.34. The van der Waals surface area contributed by atoms with E-state index in [2.05, 4.69) is 20.8 Å². The van der Waals surface area contributed by atoms with Crippen LogP contribution in [0.3, 0.4) is 0 Å². The SMILES string of the molecule is CCCCCCCCCCCCCCCCCCCCCCCC(=O)OCC(COC(=O)CCCCCCCCCCCCCC)OC(=O)CCCCCCCCCCCCCCCCCCC. The smallest absolute Gasteiger partial charge is 0.306 e. The van der Waals surface area contributed by atoms with Gasteiger partial charge in [-0.15, -0.1) is 0 Å². The van der Waals surface area contributed by atoms with E-state index < -0.39 is 6.10 Å². The van der Waals surface area contributed by atoms with E-state index in [1.165, 1.54) is 263 Å². The molecule has 404 valence electrons. The molecule has 0 spiro atoms. The number of ether oxygens (including phenoxy) is 3. The predicted molar refractivity (Wildman–Crippen MR) is 294 cm³/mol. The van der Waals surface area contributed by atoms with Crippen molar-refractivity contribution in [3.05, 3.63) is 0 Å². The van der Waals surface area contributed by atoms with Crippen LogP contribution in [0.4, 0.5) is 0 Å². The van der Waals surface area contributed by atoms with Gasteiger partial charge in [-0.05, 0) is 19.3 Å². The molecular weight excluding hydrogens is 841 g/mol. The minimum Gasteiger partial charge on any atom is -0.462 e. The molecule has 0 saturated carbocycles. The molecule has 6 nitrogen and oxygen atoms in total. The first kappa shape index (κ1) is 66.4. The lowest BCUT2D eigenvalue weighted by molar-refractivity contribution is -0.167. The fraction of sp³-hybridized carbons (Fsp3) is 0.952. The Balaban J connectivity index is 4.22. The zero-order valence-electron chi connectivity index (χ0n) is 46.4. The molecule has 6 heteroatoms. The molecule has 0 fully saturated rings. The first-order valence-electron chi connectivity index (χ1n) is 31.0. The van der Waals surface area contributed by atoms with Gasteiger partial charge in [0.05, 0.1) is 0 Å². The van der Waals surface area contributed by atoms with Crippen molar-refractivity contribution in [3.8, 4) is 0 Å². The van der Waals surface area contributed by atoms with Crippen molar-refractivity contribution in [1.82, 2.24) is 0 Å². The van der Waals surface area contributed by atoms with Crippen molar-refractivity contribution >= 4 is 17.9 Å². The lowest BCUT2D eigenvalue weighted by Gasteiger charge is -2.18. The summed E-state index contributed by atoms with van der Waals surface area (Å²) in [5.74, 6) is -0.828. The summed E-state index contributed by atoms with van der Waals surface area (Å²) in [6, 6.07) is 0.